The average Bonchev–Trinajstić information content (AvgIpc) is 2.66. The normalized spacial score (nSPS) is 11.0. The first kappa shape index (κ1) is 19.0. The Morgan fingerprint density at radius 3 is 2.68 bits per heavy atom. The van der Waals surface area contributed by atoms with Gasteiger partial charge in [-0.25, -0.2) is 9.97 Å². The Kier molecular flexibility index (Phi) is 5.30. The molecular formula is C20H20N6O2. The number of hydrogen-bond donors (Lipinski definition) is 2. The predicted molar refractivity (Wildman–Crippen MR) is 108 cm³/mol. The van der Waals surface area contributed by atoms with E-state index in [-0.39, 0.29) is 5.91 Å². The number of fused-ring (bicyclic) bond motifs is 1. The monoisotopic (exact) mass is 376 g/mol. The molecule has 0 aliphatic rings. The van der Waals surface area contributed by atoms with E-state index in [1.54, 1.807) is 38.8 Å². The van der Waals surface area contributed by atoms with Crippen LogP contribution in [0.4, 0.5) is 11.6 Å². The van der Waals surface area contributed by atoms with Gasteiger partial charge in [-0.2, -0.15) is 0 Å². The van der Waals surface area contributed by atoms with E-state index in [4.69, 9.17) is 5.73 Å². The second kappa shape index (κ2) is 7.83. The van der Waals surface area contributed by atoms with Crippen LogP contribution in [-0.2, 0) is 9.59 Å². The zero-order valence-corrected chi connectivity index (χ0v) is 15.8. The Bertz CT molecular complexity index is 1090. The molecule has 8 heteroatoms. The lowest BCUT2D eigenvalue weighted by atomic mass is 10.1. The summed E-state index contributed by atoms with van der Waals surface area (Å²) in [4.78, 5) is 37.7. The molecule has 142 valence electrons. The van der Waals surface area contributed by atoms with Gasteiger partial charge in [0.1, 0.15) is 11.6 Å². The van der Waals surface area contributed by atoms with Crippen molar-refractivity contribution in [3.05, 3.63) is 54.5 Å². The molecule has 0 aromatic carbocycles. The molecular weight excluding hydrogens is 356 g/mol. The first-order valence-electron chi connectivity index (χ1n) is 8.53. The van der Waals surface area contributed by atoms with Gasteiger partial charge in [0.15, 0.2) is 0 Å². The third-order valence-corrected chi connectivity index (χ3v) is 4.13. The fourth-order valence-electron chi connectivity index (χ4n) is 2.58. The molecule has 3 heterocycles. The van der Waals surface area contributed by atoms with Crippen LogP contribution < -0.4 is 11.1 Å². The number of nitrogen functional groups attached to an aromatic ring is 1. The highest BCUT2D eigenvalue weighted by Crippen LogP contribution is 2.28. The Morgan fingerprint density at radius 2 is 1.96 bits per heavy atom. The van der Waals surface area contributed by atoms with Crippen molar-refractivity contribution in [3.8, 4) is 11.3 Å². The summed E-state index contributed by atoms with van der Waals surface area (Å²) >= 11 is 0. The predicted octanol–water partition coefficient (Wildman–Crippen LogP) is 2.17. The molecule has 3 rings (SSSR count). The van der Waals surface area contributed by atoms with Crippen LogP contribution in [0.5, 0.6) is 0 Å². The van der Waals surface area contributed by atoms with E-state index in [9.17, 15) is 9.59 Å². The first-order chi connectivity index (χ1) is 13.3. The van der Waals surface area contributed by atoms with Crippen LogP contribution in [0.1, 0.15) is 5.56 Å². The second-order valence-electron chi connectivity index (χ2n) is 6.43. The van der Waals surface area contributed by atoms with Crippen LogP contribution in [0.15, 0.2) is 48.9 Å². The van der Waals surface area contributed by atoms with Gasteiger partial charge in [0.05, 0.1) is 5.69 Å². The van der Waals surface area contributed by atoms with E-state index >= 15 is 0 Å². The minimum atomic E-state index is -0.451. The number of amides is 2. The Hall–Kier alpha value is -3.81. The van der Waals surface area contributed by atoms with Crippen molar-refractivity contribution in [2.45, 2.75) is 6.92 Å². The van der Waals surface area contributed by atoms with Crippen molar-refractivity contribution < 1.29 is 9.59 Å². The van der Waals surface area contributed by atoms with E-state index in [0.29, 0.717) is 22.7 Å². The summed E-state index contributed by atoms with van der Waals surface area (Å²) < 4.78 is 0. The molecule has 3 aromatic rings. The summed E-state index contributed by atoms with van der Waals surface area (Å²) in [5.74, 6) is -0.0409. The number of pyridine rings is 3. The van der Waals surface area contributed by atoms with Gasteiger partial charge in [0, 0.05) is 55.8 Å². The molecule has 0 saturated heterocycles. The second-order valence-corrected chi connectivity index (χ2v) is 6.43. The highest BCUT2D eigenvalue weighted by Gasteiger charge is 2.10. The lowest BCUT2D eigenvalue weighted by molar-refractivity contribution is -0.124. The number of likely N-dealkylation sites (N-methyl/N-ethyl adjacent to an activating group) is 1. The van der Waals surface area contributed by atoms with Crippen LogP contribution in [0, 0.1) is 6.92 Å². The van der Waals surface area contributed by atoms with Crippen molar-refractivity contribution in [1.29, 1.82) is 0 Å². The van der Waals surface area contributed by atoms with Crippen molar-refractivity contribution in [1.82, 2.24) is 19.9 Å². The molecule has 3 aromatic heterocycles. The third kappa shape index (κ3) is 4.12. The van der Waals surface area contributed by atoms with E-state index in [2.05, 4.69) is 20.3 Å². The summed E-state index contributed by atoms with van der Waals surface area (Å²) in [5.41, 5.74) is 8.69. The maximum atomic E-state index is 12.0. The molecule has 0 saturated carbocycles. The molecule has 3 N–H and O–H groups in total. The average molecular weight is 376 g/mol. The quantitative estimate of drug-likeness (QED) is 0.675. The minimum absolute atomic E-state index is 0.281. The van der Waals surface area contributed by atoms with Crippen molar-refractivity contribution in [2.75, 3.05) is 25.1 Å². The van der Waals surface area contributed by atoms with Crippen molar-refractivity contribution >= 4 is 34.2 Å². The van der Waals surface area contributed by atoms with Gasteiger partial charge in [-0.15, -0.1) is 0 Å². The van der Waals surface area contributed by atoms with E-state index in [1.165, 1.54) is 17.1 Å². The molecule has 0 spiro atoms. The van der Waals surface area contributed by atoms with E-state index < -0.39 is 5.91 Å². The van der Waals surface area contributed by atoms with Gasteiger partial charge in [-0.1, -0.05) is 0 Å². The van der Waals surface area contributed by atoms with Crippen molar-refractivity contribution in [3.63, 3.8) is 0 Å². The molecule has 2 amide bonds. The fourth-order valence-corrected chi connectivity index (χ4v) is 2.58. The number of carbonyl (C=O) groups excluding carboxylic acids is 2. The van der Waals surface area contributed by atoms with Crippen LogP contribution in [0.3, 0.4) is 0 Å². The van der Waals surface area contributed by atoms with Gasteiger partial charge in [-0.3, -0.25) is 14.6 Å². The van der Waals surface area contributed by atoms with E-state index in [0.717, 1.165) is 16.5 Å². The number of nitrogens with one attached hydrogen (secondary N) is 1. The summed E-state index contributed by atoms with van der Waals surface area (Å²) in [6, 6.07) is 5.48. The Labute approximate surface area is 162 Å². The molecule has 0 bridgehead atoms. The zero-order valence-electron chi connectivity index (χ0n) is 15.8. The number of aryl methyl sites for hydroxylation is 1. The topological polar surface area (TPSA) is 114 Å². The standard InChI is InChI=1S/C20H20N6O2/c1-12-6-7-22-10-14(12)16-8-13-9-17(23-11-15(13)20(21)24-16)25-18(27)4-5-19(28)26(2)3/h4-11H,1-3H3,(H2,21,24)(H,23,25,27)/b5-4-. The number of rotatable bonds is 4. The van der Waals surface area contributed by atoms with Crippen molar-refractivity contribution in [2.24, 2.45) is 0 Å². The van der Waals surface area contributed by atoms with Gasteiger partial charge in [0.2, 0.25) is 11.8 Å². The minimum Gasteiger partial charge on any atom is -0.383 e. The number of aromatic nitrogens is 3. The molecule has 0 atom stereocenters. The van der Waals surface area contributed by atoms with Gasteiger partial charge < -0.3 is 16.0 Å². The molecule has 0 aliphatic carbocycles. The van der Waals surface area contributed by atoms with E-state index in [1.807, 2.05) is 19.1 Å². The summed E-state index contributed by atoms with van der Waals surface area (Å²) in [5, 5.41) is 4.10. The van der Waals surface area contributed by atoms with Gasteiger partial charge >= 0.3 is 0 Å². The SMILES string of the molecule is Cc1ccncc1-c1cc2cc(NC(=O)/C=C\C(=O)N(C)C)ncc2c(N)n1. The maximum absolute atomic E-state index is 12.0. The molecule has 0 aliphatic heterocycles. The molecule has 0 radical (unpaired) electrons. The smallest absolute Gasteiger partial charge is 0.249 e. The molecule has 28 heavy (non-hydrogen) atoms. The van der Waals surface area contributed by atoms with Crippen LogP contribution in [-0.4, -0.2) is 45.8 Å². The lowest BCUT2D eigenvalue weighted by Gasteiger charge is -2.09. The lowest BCUT2D eigenvalue weighted by Crippen LogP contribution is -2.19. The number of nitrogens with zero attached hydrogens (tertiary/aromatic N) is 4. The molecule has 0 fully saturated rings. The number of hydrogen-bond acceptors (Lipinski definition) is 6. The van der Waals surface area contributed by atoms with Gasteiger partial charge in [-0.05, 0) is 36.1 Å². The number of anilines is 2. The maximum Gasteiger partial charge on any atom is 0.249 e. The fraction of sp³-hybridized carbons (Fsp3) is 0.150. The zero-order chi connectivity index (χ0) is 20.3. The Balaban J connectivity index is 1.91. The summed E-state index contributed by atoms with van der Waals surface area (Å²) in [7, 11) is 3.21. The number of nitrogens with two attached hydrogens (primary N) is 1. The Morgan fingerprint density at radius 1 is 1.18 bits per heavy atom. The van der Waals surface area contributed by atoms with Crippen LogP contribution >= 0.6 is 0 Å². The van der Waals surface area contributed by atoms with Crippen LogP contribution in [0.25, 0.3) is 22.0 Å². The summed E-state index contributed by atoms with van der Waals surface area (Å²) in [6.07, 6.45) is 7.37. The highest BCUT2D eigenvalue weighted by atomic mass is 16.2. The largest absolute Gasteiger partial charge is 0.383 e. The molecule has 8 nitrogen and oxygen atoms in total. The number of carbonyl (C=O) groups is 2. The highest BCUT2D eigenvalue weighted by molar-refractivity contribution is 6.04. The third-order valence-electron chi connectivity index (χ3n) is 4.13. The first-order valence-corrected chi connectivity index (χ1v) is 8.53. The van der Waals surface area contributed by atoms with Gasteiger partial charge in [0.25, 0.3) is 0 Å². The van der Waals surface area contributed by atoms with Crippen LogP contribution in [0.2, 0.25) is 0 Å². The summed E-state index contributed by atoms with van der Waals surface area (Å²) in [6.45, 7) is 1.97. The molecule has 0 unspecified atom stereocenters.